The highest BCUT2D eigenvalue weighted by Gasteiger charge is 2.05. The number of hydrogen-bond acceptors (Lipinski definition) is 4. The Hall–Kier alpha value is -2.21. The van der Waals surface area contributed by atoms with Crippen LogP contribution in [0.4, 0.5) is 0 Å². The van der Waals surface area contributed by atoms with Gasteiger partial charge in [0.2, 0.25) is 0 Å². The average Bonchev–Trinajstić information content (AvgIpc) is 2.42. The Bertz CT molecular complexity index is 767. The summed E-state index contributed by atoms with van der Waals surface area (Å²) in [6.07, 6.45) is 3.98. The molecule has 0 saturated heterocycles. The molecule has 2 rings (SSSR count). The van der Waals surface area contributed by atoms with E-state index in [0.717, 1.165) is 22.6 Å². The van der Waals surface area contributed by atoms with Crippen molar-refractivity contribution < 1.29 is 13.2 Å². The molecule has 0 aliphatic rings. The summed E-state index contributed by atoms with van der Waals surface area (Å²) in [5, 5.41) is 4.55. The van der Waals surface area contributed by atoms with E-state index in [1.807, 2.05) is 24.3 Å². The zero-order chi connectivity index (χ0) is 14.6. The lowest BCUT2D eigenvalue weighted by Crippen LogP contribution is -2.23. The number of aromatic nitrogens is 1. The highest BCUT2D eigenvalue weighted by atomic mass is 32.2. The van der Waals surface area contributed by atoms with Crippen molar-refractivity contribution in [1.82, 2.24) is 10.3 Å². The molecular formula is C14H14N2O3S. The van der Waals surface area contributed by atoms with Crippen molar-refractivity contribution in [2.75, 3.05) is 12.8 Å². The molecule has 0 aliphatic carbocycles. The first kappa shape index (κ1) is 14.2. The highest BCUT2D eigenvalue weighted by molar-refractivity contribution is 7.93. The fourth-order valence-corrected chi connectivity index (χ4v) is 2.12. The van der Waals surface area contributed by atoms with Gasteiger partial charge in [0.25, 0.3) is 5.91 Å². The van der Waals surface area contributed by atoms with Crippen LogP contribution in [0.2, 0.25) is 0 Å². The number of sulfone groups is 1. The molecule has 1 aromatic heterocycles. The van der Waals surface area contributed by atoms with Crippen molar-refractivity contribution in [3.05, 3.63) is 53.6 Å². The second-order valence-electron chi connectivity index (χ2n) is 4.33. The van der Waals surface area contributed by atoms with Gasteiger partial charge in [0.05, 0.1) is 11.1 Å². The van der Waals surface area contributed by atoms with Gasteiger partial charge in [-0.25, -0.2) is 8.42 Å². The van der Waals surface area contributed by atoms with Crippen LogP contribution < -0.4 is 5.32 Å². The third kappa shape index (κ3) is 3.89. The first-order chi connectivity index (χ1) is 9.46. The number of carbonyl (C=O) groups is 1. The Kier molecular flexibility index (Phi) is 4.14. The molecule has 0 unspecified atom stereocenters. The Morgan fingerprint density at radius 2 is 2.10 bits per heavy atom. The van der Waals surface area contributed by atoms with Crippen molar-refractivity contribution in [2.45, 2.75) is 0 Å². The van der Waals surface area contributed by atoms with Crippen LogP contribution >= 0.6 is 0 Å². The zero-order valence-electron chi connectivity index (χ0n) is 10.9. The molecule has 0 aliphatic heterocycles. The van der Waals surface area contributed by atoms with Gasteiger partial charge in [0, 0.05) is 29.8 Å². The van der Waals surface area contributed by atoms with Crippen LogP contribution in [0.1, 0.15) is 10.4 Å². The van der Waals surface area contributed by atoms with E-state index in [1.54, 1.807) is 6.07 Å². The van der Waals surface area contributed by atoms with Crippen LogP contribution in [0.25, 0.3) is 10.9 Å². The zero-order valence-corrected chi connectivity index (χ0v) is 11.7. The molecule has 2 aromatic rings. The summed E-state index contributed by atoms with van der Waals surface area (Å²) in [5.41, 5.74) is 1.26. The minimum absolute atomic E-state index is 0.152. The summed E-state index contributed by atoms with van der Waals surface area (Å²) in [5.74, 6) is -0.290. The van der Waals surface area contributed by atoms with E-state index in [-0.39, 0.29) is 12.5 Å². The maximum absolute atomic E-state index is 11.9. The number of benzene rings is 1. The monoisotopic (exact) mass is 290 g/mol. The normalized spacial score (nSPS) is 11.8. The molecule has 0 bridgehead atoms. The van der Waals surface area contributed by atoms with Crippen molar-refractivity contribution in [3.63, 3.8) is 0 Å². The Balaban J connectivity index is 2.06. The van der Waals surface area contributed by atoms with Crippen LogP contribution in [0.3, 0.4) is 0 Å². The van der Waals surface area contributed by atoms with Gasteiger partial charge in [0.15, 0.2) is 9.84 Å². The first-order valence-corrected chi connectivity index (χ1v) is 7.91. The van der Waals surface area contributed by atoms with Gasteiger partial charge in [-0.15, -0.1) is 0 Å². The molecule has 104 valence electrons. The van der Waals surface area contributed by atoms with Crippen LogP contribution in [-0.4, -0.2) is 32.1 Å². The summed E-state index contributed by atoms with van der Waals surface area (Å²) in [7, 11) is -3.16. The van der Waals surface area contributed by atoms with E-state index in [2.05, 4.69) is 10.3 Å². The Morgan fingerprint density at radius 1 is 1.35 bits per heavy atom. The minimum atomic E-state index is -3.16. The van der Waals surface area contributed by atoms with Crippen LogP contribution in [0.5, 0.6) is 0 Å². The third-order valence-electron chi connectivity index (χ3n) is 2.58. The lowest BCUT2D eigenvalue weighted by molar-refractivity contribution is 0.0958. The molecule has 0 fully saturated rings. The number of pyridine rings is 1. The topological polar surface area (TPSA) is 76.1 Å². The number of para-hydroxylation sites is 1. The van der Waals surface area contributed by atoms with E-state index in [1.165, 1.54) is 12.3 Å². The highest BCUT2D eigenvalue weighted by Crippen LogP contribution is 2.12. The fourth-order valence-electron chi connectivity index (χ4n) is 1.67. The molecule has 0 saturated carbocycles. The number of amides is 1. The predicted octanol–water partition coefficient (Wildman–Crippen LogP) is 1.52. The quantitative estimate of drug-likeness (QED) is 0.926. The van der Waals surface area contributed by atoms with Crippen LogP contribution in [0.15, 0.2) is 48.0 Å². The molecule has 1 aromatic carbocycles. The largest absolute Gasteiger partial charge is 0.348 e. The predicted molar refractivity (Wildman–Crippen MR) is 78.1 cm³/mol. The van der Waals surface area contributed by atoms with E-state index < -0.39 is 9.84 Å². The lowest BCUT2D eigenvalue weighted by atomic mass is 10.1. The van der Waals surface area contributed by atoms with Gasteiger partial charge in [-0.3, -0.25) is 9.78 Å². The molecule has 5 nitrogen and oxygen atoms in total. The third-order valence-corrected chi connectivity index (χ3v) is 3.26. The second kappa shape index (κ2) is 5.83. The summed E-state index contributed by atoms with van der Waals surface area (Å²) in [4.78, 5) is 16.1. The standard InChI is InChI=1S/C14H14N2O3S/c1-20(18,19)8-4-7-15-14(17)12-9-11-5-2-3-6-13(11)16-10-12/h2-6,8-10H,7H2,1H3,(H,15,17)/b8-4+. The Morgan fingerprint density at radius 3 is 2.85 bits per heavy atom. The van der Waals surface area contributed by atoms with Gasteiger partial charge in [-0.05, 0) is 12.1 Å². The molecule has 1 amide bonds. The Labute approximate surface area is 117 Å². The number of fused-ring (bicyclic) bond motifs is 1. The van der Waals surface area contributed by atoms with E-state index >= 15 is 0 Å². The average molecular weight is 290 g/mol. The number of nitrogens with one attached hydrogen (secondary N) is 1. The van der Waals surface area contributed by atoms with Gasteiger partial charge in [-0.1, -0.05) is 24.3 Å². The lowest BCUT2D eigenvalue weighted by Gasteiger charge is -2.03. The molecule has 1 N–H and O–H groups in total. The molecule has 1 heterocycles. The van der Waals surface area contributed by atoms with E-state index in [4.69, 9.17) is 0 Å². The van der Waals surface area contributed by atoms with Gasteiger partial charge >= 0.3 is 0 Å². The molecule has 0 spiro atoms. The molecular weight excluding hydrogens is 276 g/mol. The maximum Gasteiger partial charge on any atom is 0.253 e. The van der Waals surface area contributed by atoms with Gasteiger partial charge in [-0.2, -0.15) is 0 Å². The van der Waals surface area contributed by atoms with Crippen LogP contribution in [-0.2, 0) is 9.84 Å². The molecule has 0 radical (unpaired) electrons. The number of nitrogens with zero attached hydrogens (tertiary/aromatic N) is 1. The van der Waals surface area contributed by atoms with Gasteiger partial charge < -0.3 is 5.32 Å². The second-order valence-corrected chi connectivity index (χ2v) is 6.26. The van der Waals surface area contributed by atoms with Crippen LogP contribution in [0, 0.1) is 0 Å². The minimum Gasteiger partial charge on any atom is -0.348 e. The summed E-state index contributed by atoms with van der Waals surface area (Å²) in [6, 6.07) is 9.25. The fraction of sp³-hybridized carbons (Fsp3) is 0.143. The molecule has 6 heteroatoms. The van der Waals surface area contributed by atoms with Crippen molar-refractivity contribution in [1.29, 1.82) is 0 Å². The summed E-state index contributed by atoms with van der Waals surface area (Å²) in [6.45, 7) is 0.152. The number of rotatable bonds is 4. The van der Waals surface area contributed by atoms with E-state index in [0.29, 0.717) is 5.56 Å². The first-order valence-electron chi connectivity index (χ1n) is 5.95. The SMILES string of the molecule is CS(=O)(=O)/C=C/CNC(=O)c1cnc2ccccc2c1. The van der Waals surface area contributed by atoms with E-state index in [9.17, 15) is 13.2 Å². The number of hydrogen-bond donors (Lipinski definition) is 1. The van der Waals surface area contributed by atoms with Crippen molar-refractivity contribution in [3.8, 4) is 0 Å². The van der Waals surface area contributed by atoms with Gasteiger partial charge in [0.1, 0.15) is 0 Å². The number of carbonyl (C=O) groups excluding carboxylic acids is 1. The molecule has 0 atom stereocenters. The maximum atomic E-state index is 11.9. The molecule has 20 heavy (non-hydrogen) atoms. The van der Waals surface area contributed by atoms with Crippen molar-refractivity contribution >= 4 is 26.6 Å². The smallest absolute Gasteiger partial charge is 0.253 e. The summed E-state index contributed by atoms with van der Waals surface area (Å²) < 4.78 is 21.8. The van der Waals surface area contributed by atoms with Crippen molar-refractivity contribution in [2.24, 2.45) is 0 Å². The summed E-state index contributed by atoms with van der Waals surface area (Å²) >= 11 is 0.